The van der Waals surface area contributed by atoms with Gasteiger partial charge in [0.25, 0.3) is 0 Å². The van der Waals surface area contributed by atoms with E-state index in [4.69, 9.17) is 14.2 Å². The van der Waals surface area contributed by atoms with Crippen LogP contribution in [0.4, 0.5) is 0 Å². The van der Waals surface area contributed by atoms with E-state index in [2.05, 4.69) is 0 Å². The van der Waals surface area contributed by atoms with E-state index in [0.29, 0.717) is 6.42 Å². The van der Waals surface area contributed by atoms with E-state index in [0.717, 1.165) is 43.1 Å². The van der Waals surface area contributed by atoms with E-state index >= 15 is 0 Å². The highest BCUT2D eigenvalue weighted by molar-refractivity contribution is 5.47. The fraction of sp³-hybridized carbons (Fsp3) is 0.600. The summed E-state index contributed by atoms with van der Waals surface area (Å²) in [7, 11) is 1.64. The van der Waals surface area contributed by atoms with Crippen LogP contribution in [0.2, 0.25) is 0 Å². The third kappa shape index (κ3) is 3.85. The van der Waals surface area contributed by atoms with Gasteiger partial charge in [0.1, 0.15) is 6.10 Å². The largest absolute Gasteiger partial charge is 0.493 e. The summed E-state index contributed by atoms with van der Waals surface area (Å²) in [4.78, 5) is 0. The summed E-state index contributed by atoms with van der Waals surface area (Å²) in [5.74, 6) is 1.49. The van der Waals surface area contributed by atoms with Crippen LogP contribution in [0.15, 0.2) is 18.2 Å². The van der Waals surface area contributed by atoms with E-state index < -0.39 is 6.10 Å². The van der Waals surface area contributed by atoms with Gasteiger partial charge < -0.3 is 19.3 Å². The molecular formula is C15H22O4. The van der Waals surface area contributed by atoms with E-state index in [9.17, 15) is 5.11 Å². The molecule has 0 aromatic heterocycles. The number of aliphatic hydroxyl groups excluding tert-OH is 1. The molecular weight excluding hydrogens is 244 g/mol. The van der Waals surface area contributed by atoms with Gasteiger partial charge in [0.2, 0.25) is 0 Å². The SMILES string of the molecule is COc1c(CC(C)O)cccc1OC1CCOCC1. The minimum Gasteiger partial charge on any atom is -0.493 e. The van der Waals surface area contributed by atoms with E-state index in [1.54, 1.807) is 14.0 Å². The lowest BCUT2D eigenvalue weighted by atomic mass is 10.1. The van der Waals surface area contributed by atoms with Crippen LogP contribution in [0.3, 0.4) is 0 Å². The summed E-state index contributed by atoms with van der Waals surface area (Å²) in [5, 5.41) is 9.53. The number of hydrogen-bond donors (Lipinski definition) is 1. The van der Waals surface area contributed by atoms with Crippen molar-refractivity contribution in [3.05, 3.63) is 23.8 Å². The molecule has 1 heterocycles. The Balaban J connectivity index is 2.14. The number of ether oxygens (including phenoxy) is 3. The Morgan fingerprint density at radius 1 is 1.37 bits per heavy atom. The molecule has 1 saturated heterocycles. The van der Waals surface area contributed by atoms with E-state index in [1.807, 2.05) is 18.2 Å². The fourth-order valence-electron chi connectivity index (χ4n) is 2.34. The zero-order valence-electron chi connectivity index (χ0n) is 11.6. The molecule has 1 atom stereocenters. The molecule has 0 bridgehead atoms. The summed E-state index contributed by atoms with van der Waals surface area (Å²) in [6, 6.07) is 5.82. The number of rotatable bonds is 5. The lowest BCUT2D eigenvalue weighted by Gasteiger charge is -2.25. The minimum absolute atomic E-state index is 0.185. The van der Waals surface area contributed by atoms with Gasteiger partial charge in [-0.25, -0.2) is 0 Å². The monoisotopic (exact) mass is 266 g/mol. The summed E-state index contributed by atoms with van der Waals surface area (Å²) in [6.45, 7) is 3.27. The second-order valence-corrected chi connectivity index (χ2v) is 4.93. The Morgan fingerprint density at radius 2 is 2.11 bits per heavy atom. The van der Waals surface area contributed by atoms with Gasteiger partial charge in [0.05, 0.1) is 26.4 Å². The lowest BCUT2D eigenvalue weighted by Crippen LogP contribution is -2.26. The molecule has 0 spiro atoms. The van der Waals surface area contributed by atoms with Crippen LogP contribution in [-0.2, 0) is 11.2 Å². The molecule has 106 valence electrons. The second kappa shape index (κ2) is 6.78. The molecule has 1 fully saturated rings. The van der Waals surface area contributed by atoms with Crippen molar-refractivity contribution in [2.45, 2.75) is 38.4 Å². The van der Waals surface area contributed by atoms with Crippen LogP contribution in [0, 0.1) is 0 Å². The predicted molar refractivity (Wildman–Crippen MR) is 72.8 cm³/mol. The number of aliphatic hydroxyl groups is 1. The first-order valence-electron chi connectivity index (χ1n) is 6.79. The lowest BCUT2D eigenvalue weighted by molar-refractivity contribution is 0.0245. The van der Waals surface area contributed by atoms with Gasteiger partial charge in [0.15, 0.2) is 11.5 Å². The smallest absolute Gasteiger partial charge is 0.164 e. The number of benzene rings is 1. The average molecular weight is 266 g/mol. The standard InChI is InChI=1S/C15H22O4/c1-11(16)10-12-4-3-5-14(15(12)17-2)19-13-6-8-18-9-7-13/h3-5,11,13,16H,6-10H2,1-2H3. The molecule has 0 aliphatic carbocycles. The van der Waals surface area contributed by atoms with Crippen LogP contribution in [0.25, 0.3) is 0 Å². The molecule has 1 aliphatic heterocycles. The first kappa shape index (κ1) is 14.2. The zero-order valence-corrected chi connectivity index (χ0v) is 11.6. The molecule has 2 rings (SSSR count). The van der Waals surface area contributed by atoms with Crippen LogP contribution >= 0.6 is 0 Å². The highest BCUT2D eigenvalue weighted by Gasteiger charge is 2.19. The van der Waals surface area contributed by atoms with Gasteiger partial charge in [-0.15, -0.1) is 0 Å². The minimum atomic E-state index is -0.396. The molecule has 1 aromatic rings. The van der Waals surface area contributed by atoms with Crippen molar-refractivity contribution in [1.29, 1.82) is 0 Å². The van der Waals surface area contributed by atoms with E-state index in [-0.39, 0.29) is 6.10 Å². The molecule has 4 nitrogen and oxygen atoms in total. The van der Waals surface area contributed by atoms with Gasteiger partial charge in [-0.05, 0) is 13.0 Å². The van der Waals surface area contributed by atoms with Crippen molar-refractivity contribution in [1.82, 2.24) is 0 Å². The van der Waals surface area contributed by atoms with Crippen molar-refractivity contribution in [3.63, 3.8) is 0 Å². The van der Waals surface area contributed by atoms with Crippen molar-refractivity contribution in [2.24, 2.45) is 0 Å². The number of para-hydroxylation sites is 1. The van der Waals surface area contributed by atoms with Gasteiger partial charge in [-0.3, -0.25) is 0 Å². The molecule has 1 N–H and O–H groups in total. The Morgan fingerprint density at radius 3 is 2.74 bits per heavy atom. The van der Waals surface area contributed by atoms with Gasteiger partial charge in [-0.2, -0.15) is 0 Å². The van der Waals surface area contributed by atoms with Crippen molar-refractivity contribution in [3.8, 4) is 11.5 Å². The molecule has 1 aliphatic rings. The van der Waals surface area contributed by atoms with Crippen LogP contribution in [0.1, 0.15) is 25.3 Å². The van der Waals surface area contributed by atoms with Crippen LogP contribution in [0.5, 0.6) is 11.5 Å². The molecule has 1 unspecified atom stereocenters. The fourth-order valence-corrected chi connectivity index (χ4v) is 2.34. The summed E-state index contributed by atoms with van der Waals surface area (Å²) >= 11 is 0. The highest BCUT2D eigenvalue weighted by Crippen LogP contribution is 2.33. The van der Waals surface area contributed by atoms with Crippen molar-refractivity contribution >= 4 is 0 Å². The maximum Gasteiger partial charge on any atom is 0.164 e. The predicted octanol–water partition coefficient (Wildman–Crippen LogP) is 2.18. The Hall–Kier alpha value is -1.26. The third-order valence-corrected chi connectivity index (χ3v) is 3.24. The molecule has 0 radical (unpaired) electrons. The summed E-state index contributed by atoms with van der Waals surface area (Å²) in [5.41, 5.74) is 0.974. The maximum absolute atomic E-state index is 9.53. The van der Waals surface area contributed by atoms with E-state index in [1.165, 1.54) is 0 Å². The third-order valence-electron chi connectivity index (χ3n) is 3.24. The van der Waals surface area contributed by atoms with Crippen molar-refractivity contribution < 1.29 is 19.3 Å². The Labute approximate surface area is 114 Å². The maximum atomic E-state index is 9.53. The average Bonchev–Trinajstić information content (AvgIpc) is 2.39. The topological polar surface area (TPSA) is 47.9 Å². The first-order chi connectivity index (χ1) is 9.20. The second-order valence-electron chi connectivity index (χ2n) is 4.93. The first-order valence-corrected chi connectivity index (χ1v) is 6.79. The van der Waals surface area contributed by atoms with Gasteiger partial charge in [-0.1, -0.05) is 12.1 Å². The Bertz CT molecular complexity index is 397. The quantitative estimate of drug-likeness (QED) is 0.887. The molecule has 0 amide bonds. The molecule has 19 heavy (non-hydrogen) atoms. The normalized spacial score (nSPS) is 18.1. The summed E-state index contributed by atoms with van der Waals surface area (Å²) in [6.07, 6.45) is 2.17. The molecule has 4 heteroatoms. The highest BCUT2D eigenvalue weighted by atomic mass is 16.5. The zero-order chi connectivity index (χ0) is 13.7. The number of methoxy groups -OCH3 is 1. The van der Waals surface area contributed by atoms with Gasteiger partial charge >= 0.3 is 0 Å². The summed E-state index contributed by atoms with van der Waals surface area (Å²) < 4.78 is 16.8. The van der Waals surface area contributed by atoms with Crippen molar-refractivity contribution in [2.75, 3.05) is 20.3 Å². The number of hydrogen-bond acceptors (Lipinski definition) is 4. The molecule has 0 saturated carbocycles. The van der Waals surface area contributed by atoms with Gasteiger partial charge in [0, 0.05) is 24.8 Å². The molecule has 1 aromatic carbocycles. The van der Waals surface area contributed by atoms with Crippen LogP contribution < -0.4 is 9.47 Å². The Kier molecular flexibility index (Phi) is 5.05. The van der Waals surface area contributed by atoms with Crippen LogP contribution in [-0.4, -0.2) is 37.6 Å².